The van der Waals surface area contributed by atoms with Gasteiger partial charge in [-0.1, -0.05) is 42.5 Å². The first kappa shape index (κ1) is 12.5. The lowest BCUT2D eigenvalue weighted by atomic mass is 9.95. The van der Waals surface area contributed by atoms with Gasteiger partial charge in [0.2, 0.25) is 0 Å². The van der Waals surface area contributed by atoms with Crippen LogP contribution < -0.4 is 0 Å². The molecule has 0 amide bonds. The lowest BCUT2D eigenvalue weighted by molar-refractivity contribution is 0.246. The molecular weight excluding hydrogens is 256 g/mol. The smallest absolute Gasteiger partial charge is 0.0704 e. The number of benzene rings is 2. The molecule has 3 aromatic rings. The van der Waals surface area contributed by atoms with Gasteiger partial charge in [-0.25, -0.2) is 0 Å². The van der Waals surface area contributed by atoms with Gasteiger partial charge < -0.3 is 0 Å². The van der Waals surface area contributed by atoms with E-state index in [0.29, 0.717) is 0 Å². The molecule has 0 N–H and O–H groups in total. The topological polar surface area (TPSA) is 16.1 Å². The van der Waals surface area contributed by atoms with Crippen LogP contribution in [0.5, 0.6) is 0 Å². The molecule has 1 aliphatic rings. The zero-order chi connectivity index (χ0) is 14.1. The van der Waals surface area contributed by atoms with Crippen LogP contribution in [0.1, 0.15) is 18.1 Å². The molecule has 0 unspecified atom stereocenters. The first-order valence-electron chi connectivity index (χ1n) is 7.52. The summed E-state index contributed by atoms with van der Waals surface area (Å²) in [6, 6.07) is 19.4. The summed E-state index contributed by atoms with van der Waals surface area (Å²) in [5, 5.41) is 1.33. The largest absolute Gasteiger partial charge is 0.294 e. The van der Waals surface area contributed by atoms with E-state index in [1.54, 1.807) is 0 Å². The molecule has 0 bridgehead atoms. The second-order valence-electron chi connectivity index (χ2n) is 5.72. The summed E-state index contributed by atoms with van der Waals surface area (Å²) in [7, 11) is 0. The summed E-state index contributed by atoms with van der Waals surface area (Å²) >= 11 is 0. The van der Waals surface area contributed by atoms with Crippen molar-refractivity contribution in [3.05, 3.63) is 77.5 Å². The van der Waals surface area contributed by atoms with Crippen LogP contribution in [-0.2, 0) is 19.5 Å². The molecule has 4 rings (SSSR count). The average Bonchev–Trinajstić information content (AvgIpc) is 2.55. The van der Waals surface area contributed by atoms with Crippen LogP contribution in [0.4, 0.5) is 0 Å². The molecule has 2 heteroatoms. The summed E-state index contributed by atoms with van der Waals surface area (Å²) in [6.07, 6.45) is 2.99. The first-order chi connectivity index (χ1) is 10.4. The fourth-order valence-corrected chi connectivity index (χ4v) is 3.27. The summed E-state index contributed by atoms with van der Waals surface area (Å²) in [5.74, 6) is 0. The summed E-state index contributed by atoms with van der Waals surface area (Å²) < 4.78 is 0. The zero-order valence-corrected chi connectivity index (χ0v) is 12.0. The van der Waals surface area contributed by atoms with Crippen molar-refractivity contribution in [1.29, 1.82) is 0 Å². The molecule has 1 aromatic heterocycles. The molecule has 1 aliphatic heterocycles. The molecule has 0 saturated carbocycles. The van der Waals surface area contributed by atoms with Crippen molar-refractivity contribution in [2.24, 2.45) is 0 Å². The van der Waals surface area contributed by atoms with Crippen LogP contribution in [0.25, 0.3) is 10.9 Å². The van der Waals surface area contributed by atoms with E-state index in [1.165, 1.54) is 22.1 Å². The molecule has 0 fully saturated rings. The third kappa shape index (κ3) is 2.43. The van der Waals surface area contributed by atoms with Gasteiger partial charge in [0, 0.05) is 32.6 Å². The zero-order valence-electron chi connectivity index (χ0n) is 12.0. The minimum atomic E-state index is 0. The van der Waals surface area contributed by atoms with E-state index in [-0.39, 0.29) is 1.43 Å². The fraction of sp³-hybridized carbons (Fsp3) is 0.211. The van der Waals surface area contributed by atoms with Crippen LogP contribution in [0, 0.1) is 0 Å². The van der Waals surface area contributed by atoms with Crippen molar-refractivity contribution < 1.29 is 1.43 Å². The van der Waals surface area contributed by atoms with E-state index < -0.39 is 0 Å². The summed E-state index contributed by atoms with van der Waals surface area (Å²) in [5.41, 5.74) is 5.46. The second-order valence-corrected chi connectivity index (χ2v) is 5.72. The second kappa shape index (κ2) is 5.30. The van der Waals surface area contributed by atoms with Crippen molar-refractivity contribution in [3.8, 4) is 0 Å². The molecule has 0 spiro atoms. The third-order valence-corrected chi connectivity index (χ3v) is 4.31. The molecule has 106 valence electrons. The molecular formula is C19H20N2. The Bertz CT molecular complexity index is 771. The van der Waals surface area contributed by atoms with Gasteiger partial charge >= 0.3 is 0 Å². The Kier molecular flexibility index (Phi) is 3.17. The normalized spacial score (nSPS) is 15.0. The van der Waals surface area contributed by atoms with Crippen molar-refractivity contribution in [1.82, 2.24) is 9.88 Å². The molecule has 2 aromatic carbocycles. The Labute approximate surface area is 126 Å². The third-order valence-electron chi connectivity index (χ3n) is 4.31. The number of pyridine rings is 1. The number of rotatable bonds is 2. The minimum absolute atomic E-state index is 0. The van der Waals surface area contributed by atoms with Crippen LogP contribution in [-0.4, -0.2) is 16.4 Å². The lowest BCUT2D eigenvalue weighted by Gasteiger charge is -2.29. The summed E-state index contributed by atoms with van der Waals surface area (Å²) in [4.78, 5) is 6.99. The molecule has 21 heavy (non-hydrogen) atoms. The number of nitrogens with zero attached hydrogens (tertiary/aromatic N) is 2. The SMILES string of the molecule is [HH].c1ccc(CN2CCc3c(ccc4ncccc34)C2)cc1. The average molecular weight is 276 g/mol. The van der Waals surface area contributed by atoms with Gasteiger partial charge in [0.15, 0.2) is 0 Å². The maximum atomic E-state index is 4.46. The number of aromatic nitrogens is 1. The fourth-order valence-electron chi connectivity index (χ4n) is 3.27. The van der Waals surface area contributed by atoms with E-state index in [9.17, 15) is 0 Å². The van der Waals surface area contributed by atoms with Gasteiger partial charge in [-0.05, 0) is 35.2 Å². The van der Waals surface area contributed by atoms with Crippen LogP contribution in [0.3, 0.4) is 0 Å². The predicted octanol–water partition coefficient (Wildman–Crippen LogP) is 4.04. The Hall–Kier alpha value is -2.19. The molecule has 2 nitrogen and oxygen atoms in total. The van der Waals surface area contributed by atoms with E-state index in [4.69, 9.17) is 0 Å². The van der Waals surface area contributed by atoms with E-state index in [2.05, 4.69) is 58.4 Å². The highest BCUT2D eigenvalue weighted by Gasteiger charge is 2.18. The number of fused-ring (bicyclic) bond motifs is 3. The maximum Gasteiger partial charge on any atom is 0.0704 e. The van der Waals surface area contributed by atoms with Crippen molar-refractivity contribution in [2.75, 3.05) is 6.54 Å². The van der Waals surface area contributed by atoms with Gasteiger partial charge in [-0.3, -0.25) is 9.88 Å². The van der Waals surface area contributed by atoms with Gasteiger partial charge in [-0.15, -0.1) is 0 Å². The van der Waals surface area contributed by atoms with Crippen LogP contribution >= 0.6 is 0 Å². The Morgan fingerprint density at radius 1 is 1.00 bits per heavy atom. The van der Waals surface area contributed by atoms with Crippen molar-refractivity contribution in [3.63, 3.8) is 0 Å². The van der Waals surface area contributed by atoms with E-state index in [1.807, 2.05) is 12.3 Å². The predicted molar refractivity (Wildman–Crippen MR) is 88.1 cm³/mol. The minimum Gasteiger partial charge on any atom is -0.294 e. The van der Waals surface area contributed by atoms with Gasteiger partial charge in [-0.2, -0.15) is 0 Å². The Morgan fingerprint density at radius 3 is 2.81 bits per heavy atom. The molecule has 0 saturated heterocycles. The first-order valence-corrected chi connectivity index (χ1v) is 7.52. The standard InChI is InChI=1S/C19H18N2.H2/c1-2-5-15(6-3-1)13-21-12-10-17-16(14-21)8-9-19-18(17)7-4-11-20-19;/h1-9,11H,10,12-14H2;1H. The molecule has 0 atom stereocenters. The van der Waals surface area contributed by atoms with Crippen LogP contribution in [0.2, 0.25) is 0 Å². The van der Waals surface area contributed by atoms with E-state index in [0.717, 1.165) is 31.6 Å². The Morgan fingerprint density at radius 2 is 1.90 bits per heavy atom. The molecule has 0 aliphatic carbocycles. The van der Waals surface area contributed by atoms with Crippen LogP contribution in [0.15, 0.2) is 60.8 Å². The highest BCUT2D eigenvalue weighted by molar-refractivity contribution is 5.83. The van der Waals surface area contributed by atoms with Gasteiger partial charge in [0.25, 0.3) is 0 Å². The van der Waals surface area contributed by atoms with Gasteiger partial charge in [0.05, 0.1) is 5.52 Å². The highest BCUT2D eigenvalue weighted by atomic mass is 15.1. The van der Waals surface area contributed by atoms with Crippen molar-refractivity contribution >= 4 is 10.9 Å². The number of hydrogen-bond acceptors (Lipinski definition) is 2. The highest BCUT2D eigenvalue weighted by Crippen LogP contribution is 2.27. The molecule has 0 radical (unpaired) electrons. The Balaban J connectivity index is 0.00000144. The van der Waals surface area contributed by atoms with Gasteiger partial charge in [0.1, 0.15) is 0 Å². The van der Waals surface area contributed by atoms with Crippen molar-refractivity contribution in [2.45, 2.75) is 19.5 Å². The lowest BCUT2D eigenvalue weighted by Crippen LogP contribution is -2.30. The van der Waals surface area contributed by atoms with E-state index >= 15 is 0 Å². The molecule has 2 heterocycles. The summed E-state index contributed by atoms with van der Waals surface area (Å²) in [6.45, 7) is 3.19. The monoisotopic (exact) mass is 276 g/mol. The quantitative estimate of drug-likeness (QED) is 0.702. The maximum absolute atomic E-state index is 4.46. The number of hydrogen-bond donors (Lipinski definition) is 0.